The predicted molar refractivity (Wildman–Crippen MR) is 64.4 cm³/mol. The van der Waals surface area contributed by atoms with Crippen LogP contribution in [0.1, 0.15) is 6.42 Å². The van der Waals surface area contributed by atoms with Crippen molar-refractivity contribution in [2.75, 3.05) is 26.8 Å². The topological polar surface area (TPSA) is 41.4 Å². The summed E-state index contributed by atoms with van der Waals surface area (Å²) in [4.78, 5) is 4.04. The SMILES string of the molecule is CN=C(NCCCF)NCCn1cccc1. The second kappa shape index (κ2) is 7.73. The van der Waals surface area contributed by atoms with Crippen molar-refractivity contribution in [1.29, 1.82) is 0 Å². The molecule has 0 aromatic carbocycles. The molecule has 1 aromatic heterocycles. The van der Waals surface area contributed by atoms with E-state index in [9.17, 15) is 4.39 Å². The van der Waals surface area contributed by atoms with Gasteiger partial charge in [-0.2, -0.15) is 0 Å². The Kier molecular flexibility index (Phi) is 6.06. The van der Waals surface area contributed by atoms with E-state index in [1.165, 1.54) is 0 Å². The van der Waals surface area contributed by atoms with Gasteiger partial charge in [-0.1, -0.05) is 0 Å². The van der Waals surface area contributed by atoms with Gasteiger partial charge in [-0.25, -0.2) is 0 Å². The molecule has 0 unspecified atom stereocenters. The van der Waals surface area contributed by atoms with Gasteiger partial charge in [-0.3, -0.25) is 9.38 Å². The van der Waals surface area contributed by atoms with Crippen molar-refractivity contribution in [2.45, 2.75) is 13.0 Å². The summed E-state index contributed by atoms with van der Waals surface area (Å²) < 4.78 is 14.0. The molecule has 0 aliphatic rings. The number of guanidine groups is 1. The van der Waals surface area contributed by atoms with Crippen LogP contribution in [0.4, 0.5) is 4.39 Å². The van der Waals surface area contributed by atoms with Gasteiger partial charge in [0.05, 0.1) is 6.67 Å². The summed E-state index contributed by atoms with van der Waals surface area (Å²) in [5.41, 5.74) is 0. The first-order chi connectivity index (χ1) is 7.86. The number of hydrogen-bond donors (Lipinski definition) is 2. The fourth-order valence-electron chi connectivity index (χ4n) is 1.32. The lowest BCUT2D eigenvalue weighted by Crippen LogP contribution is -2.39. The van der Waals surface area contributed by atoms with Crippen LogP contribution in [-0.2, 0) is 6.54 Å². The van der Waals surface area contributed by atoms with Crippen LogP contribution in [-0.4, -0.2) is 37.3 Å². The minimum Gasteiger partial charge on any atom is -0.356 e. The molecule has 0 atom stereocenters. The first-order valence-corrected chi connectivity index (χ1v) is 5.48. The number of alkyl halides is 1. The van der Waals surface area contributed by atoms with Crippen LogP contribution in [0.5, 0.6) is 0 Å². The van der Waals surface area contributed by atoms with Gasteiger partial charge >= 0.3 is 0 Å². The smallest absolute Gasteiger partial charge is 0.191 e. The highest BCUT2D eigenvalue weighted by atomic mass is 19.1. The molecule has 0 bridgehead atoms. The van der Waals surface area contributed by atoms with Crippen LogP contribution >= 0.6 is 0 Å². The maximum Gasteiger partial charge on any atom is 0.191 e. The number of aromatic nitrogens is 1. The molecule has 0 radical (unpaired) electrons. The standard InChI is InChI=1S/C11H19FN4/c1-13-11(14-6-4-5-12)15-7-10-16-8-2-3-9-16/h2-3,8-9H,4-7,10H2,1H3,(H2,13,14,15). The largest absolute Gasteiger partial charge is 0.356 e. The van der Waals surface area contributed by atoms with Crippen LogP contribution in [0.15, 0.2) is 29.5 Å². The molecule has 0 amide bonds. The van der Waals surface area contributed by atoms with E-state index in [1.54, 1.807) is 7.05 Å². The molecule has 5 heteroatoms. The number of aliphatic imine (C=N–C) groups is 1. The fraction of sp³-hybridized carbons (Fsp3) is 0.545. The second-order valence-corrected chi connectivity index (χ2v) is 3.39. The van der Waals surface area contributed by atoms with Crippen LogP contribution in [0, 0.1) is 0 Å². The summed E-state index contributed by atoms with van der Waals surface area (Å²) in [5, 5.41) is 6.20. The quantitative estimate of drug-likeness (QED) is 0.432. The number of rotatable bonds is 6. The zero-order valence-corrected chi connectivity index (χ0v) is 9.62. The molecule has 0 aliphatic carbocycles. The number of hydrogen-bond acceptors (Lipinski definition) is 1. The highest BCUT2D eigenvalue weighted by Crippen LogP contribution is 1.87. The minimum atomic E-state index is -0.298. The first-order valence-electron chi connectivity index (χ1n) is 5.48. The zero-order valence-electron chi connectivity index (χ0n) is 9.62. The maximum absolute atomic E-state index is 11.9. The lowest BCUT2D eigenvalue weighted by molar-refractivity contribution is 0.470. The monoisotopic (exact) mass is 226 g/mol. The number of nitrogens with one attached hydrogen (secondary N) is 2. The van der Waals surface area contributed by atoms with Gasteiger partial charge in [0, 0.05) is 39.1 Å². The molecule has 0 fully saturated rings. The van der Waals surface area contributed by atoms with Crippen molar-refractivity contribution in [1.82, 2.24) is 15.2 Å². The average Bonchev–Trinajstić information content (AvgIpc) is 2.80. The lowest BCUT2D eigenvalue weighted by atomic mass is 10.5. The summed E-state index contributed by atoms with van der Waals surface area (Å²) >= 11 is 0. The molecule has 0 saturated carbocycles. The van der Waals surface area contributed by atoms with Gasteiger partial charge in [0.1, 0.15) is 0 Å². The first kappa shape index (κ1) is 12.5. The lowest BCUT2D eigenvalue weighted by Gasteiger charge is -2.11. The molecule has 90 valence electrons. The molecule has 1 heterocycles. The van der Waals surface area contributed by atoms with Crippen molar-refractivity contribution >= 4 is 5.96 Å². The van der Waals surface area contributed by atoms with E-state index in [2.05, 4.69) is 20.2 Å². The van der Waals surface area contributed by atoms with Crippen molar-refractivity contribution in [2.24, 2.45) is 4.99 Å². The third-order valence-corrected chi connectivity index (χ3v) is 2.16. The van der Waals surface area contributed by atoms with Gasteiger partial charge < -0.3 is 15.2 Å². The molecule has 0 spiro atoms. The second-order valence-electron chi connectivity index (χ2n) is 3.39. The van der Waals surface area contributed by atoms with E-state index >= 15 is 0 Å². The molecular formula is C11H19FN4. The van der Waals surface area contributed by atoms with E-state index in [0.29, 0.717) is 13.0 Å². The normalized spacial score (nSPS) is 11.5. The molecule has 2 N–H and O–H groups in total. The van der Waals surface area contributed by atoms with Gasteiger partial charge in [0.2, 0.25) is 0 Å². The van der Waals surface area contributed by atoms with Crippen LogP contribution in [0.2, 0.25) is 0 Å². The molecular weight excluding hydrogens is 207 g/mol. The van der Waals surface area contributed by atoms with Crippen molar-refractivity contribution in [3.63, 3.8) is 0 Å². The highest BCUT2D eigenvalue weighted by Gasteiger charge is 1.95. The highest BCUT2D eigenvalue weighted by molar-refractivity contribution is 5.79. The molecule has 0 saturated heterocycles. The Hall–Kier alpha value is -1.52. The molecule has 16 heavy (non-hydrogen) atoms. The van der Waals surface area contributed by atoms with Gasteiger partial charge in [-0.15, -0.1) is 0 Å². The third kappa shape index (κ3) is 4.82. The summed E-state index contributed by atoms with van der Waals surface area (Å²) in [6.07, 6.45) is 4.54. The van der Waals surface area contributed by atoms with E-state index < -0.39 is 0 Å². The van der Waals surface area contributed by atoms with Crippen LogP contribution in [0.3, 0.4) is 0 Å². The summed E-state index contributed by atoms with van der Waals surface area (Å²) in [6.45, 7) is 1.99. The minimum absolute atomic E-state index is 0.298. The Morgan fingerprint density at radius 3 is 2.56 bits per heavy atom. The van der Waals surface area contributed by atoms with E-state index in [4.69, 9.17) is 0 Å². The zero-order chi connectivity index (χ0) is 11.6. The summed E-state index contributed by atoms with van der Waals surface area (Å²) in [7, 11) is 1.71. The third-order valence-electron chi connectivity index (χ3n) is 2.16. The summed E-state index contributed by atoms with van der Waals surface area (Å²) in [6, 6.07) is 3.99. The Balaban J connectivity index is 2.14. The van der Waals surface area contributed by atoms with Crippen LogP contribution < -0.4 is 10.6 Å². The van der Waals surface area contributed by atoms with Gasteiger partial charge in [0.25, 0.3) is 0 Å². The van der Waals surface area contributed by atoms with Crippen LogP contribution in [0.25, 0.3) is 0 Å². The van der Waals surface area contributed by atoms with E-state index in [0.717, 1.165) is 19.0 Å². The Bertz CT molecular complexity index is 295. The molecule has 0 aliphatic heterocycles. The summed E-state index contributed by atoms with van der Waals surface area (Å²) in [5.74, 6) is 0.723. The molecule has 1 aromatic rings. The average molecular weight is 226 g/mol. The van der Waals surface area contributed by atoms with Crippen molar-refractivity contribution in [3.8, 4) is 0 Å². The fourth-order valence-corrected chi connectivity index (χ4v) is 1.32. The van der Waals surface area contributed by atoms with Gasteiger partial charge in [-0.05, 0) is 18.6 Å². The Morgan fingerprint density at radius 1 is 1.25 bits per heavy atom. The number of nitrogens with zero attached hydrogens (tertiary/aromatic N) is 2. The Morgan fingerprint density at radius 2 is 1.94 bits per heavy atom. The number of halogens is 1. The van der Waals surface area contributed by atoms with Crippen molar-refractivity contribution in [3.05, 3.63) is 24.5 Å². The molecule has 4 nitrogen and oxygen atoms in total. The van der Waals surface area contributed by atoms with Gasteiger partial charge in [0.15, 0.2) is 5.96 Å². The molecule has 1 rings (SSSR count). The van der Waals surface area contributed by atoms with E-state index in [-0.39, 0.29) is 6.67 Å². The van der Waals surface area contributed by atoms with E-state index in [1.807, 2.05) is 24.5 Å². The van der Waals surface area contributed by atoms with Crippen molar-refractivity contribution < 1.29 is 4.39 Å². The maximum atomic E-state index is 11.9. The Labute approximate surface area is 95.6 Å². The predicted octanol–water partition coefficient (Wildman–Crippen LogP) is 1.01.